The molecule has 6 nitrogen and oxygen atoms in total. The summed E-state index contributed by atoms with van der Waals surface area (Å²) in [5.41, 5.74) is 6.30. The first kappa shape index (κ1) is 27.1. The Hall–Kier alpha value is -4.05. The Labute approximate surface area is 251 Å². The van der Waals surface area contributed by atoms with Gasteiger partial charge in [-0.1, -0.05) is 24.3 Å². The largest absolute Gasteiger partial charge is 0.450 e. The molecule has 0 unspecified atom stereocenters. The summed E-state index contributed by atoms with van der Waals surface area (Å²) in [5, 5.41) is 0.717. The average Bonchev–Trinajstić information content (AvgIpc) is 3.56. The Kier molecular flexibility index (Phi) is 7.11. The summed E-state index contributed by atoms with van der Waals surface area (Å²) in [6.07, 6.45) is 1.50. The highest BCUT2D eigenvalue weighted by Gasteiger charge is 2.41. The minimum atomic E-state index is -0.500. The molecular weight excluding hydrogens is 571 g/mol. The number of para-hydroxylation sites is 1. The predicted octanol–water partition coefficient (Wildman–Crippen LogP) is 8.02. The molecule has 0 spiro atoms. The Morgan fingerprint density at radius 2 is 1.41 bits per heavy atom. The van der Waals surface area contributed by atoms with Crippen molar-refractivity contribution in [1.29, 1.82) is 0 Å². The second-order valence-corrected chi connectivity index (χ2v) is 12.5. The van der Waals surface area contributed by atoms with Crippen molar-refractivity contribution in [2.24, 2.45) is 0 Å². The number of rotatable bonds is 5. The molecule has 0 bridgehead atoms. The van der Waals surface area contributed by atoms with Crippen LogP contribution in [0.25, 0.3) is 16.3 Å². The molecule has 1 saturated heterocycles. The quantitative estimate of drug-likeness (QED) is 0.116. The Balaban J connectivity index is 1.39. The highest BCUT2D eigenvalue weighted by atomic mass is 32.2. The summed E-state index contributed by atoms with van der Waals surface area (Å²) in [6, 6.07) is 22.9. The van der Waals surface area contributed by atoms with Gasteiger partial charge >= 0.3 is 0 Å². The third-order valence-electron chi connectivity index (χ3n) is 7.10. The standard InChI is InChI=1S/C32H25N3O3S3/c1-18-9-11-22(15-20(18)3)34-29(36)25(30(37)35(32(34)39)23-12-10-19(2)21(4)16-23)17-24-13-14-28(38-24)41-31-33-26-7-5-6-8-27(26)40-31/h5-17H,1-4H3. The predicted molar refractivity (Wildman–Crippen MR) is 170 cm³/mol. The van der Waals surface area contributed by atoms with Crippen LogP contribution in [0.2, 0.25) is 0 Å². The molecular formula is C32H25N3O3S3. The molecule has 0 atom stereocenters. The normalized spacial score (nSPS) is 14.0. The maximum Gasteiger partial charge on any atom is 0.270 e. The number of furan rings is 1. The molecule has 3 aromatic carbocycles. The van der Waals surface area contributed by atoms with Crippen LogP contribution >= 0.6 is 35.3 Å². The van der Waals surface area contributed by atoms with Crippen LogP contribution in [0.3, 0.4) is 0 Å². The van der Waals surface area contributed by atoms with E-state index in [1.807, 2.05) is 94.4 Å². The third-order valence-corrected chi connectivity index (χ3v) is 9.48. The van der Waals surface area contributed by atoms with E-state index in [-0.39, 0.29) is 10.7 Å². The first-order chi connectivity index (χ1) is 19.7. The second-order valence-electron chi connectivity index (χ2n) is 9.87. The fourth-order valence-electron chi connectivity index (χ4n) is 4.50. The third kappa shape index (κ3) is 5.12. The van der Waals surface area contributed by atoms with Gasteiger partial charge in [0.1, 0.15) is 11.3 Å². The van der Waals surface area contributed by atoms with E-state index in [9.17, 15) is 9.59 Å². The minimum Gasteiger partial charge on any atom is -0.450 e. The second kappa shape index (κ2) is 10.7. The van der Waals surface area contributed by atoms with E-state index in [4.69, 9.17) is 16.6 Å². The summed E-state index contributed by atoms with van der Waals surface area (Å²) in [4.78, 5) is 35.3. The van der Waals surface area contributed by atoms with Crippen molar-refractivity contribution in [3.63, 3.8) is 0 Å². The number of carbonyl (C=O) groups is 2. The topological polar surface area (TPSA) is 66.7 Å². The van der Waals surface area contributed by atoms with Gasteiger partial charge in [0.15, 0.2) is 14.5 Å². The number of aromatic nitrogens is 1. The number of aryl methyl sites for hydroxylation is 4. The molecule has 3 heterocycles. The van der Waals surface area contributed by atoms with Crippen LogP contribution in [-0.2, 0) is 9.59 Å². The molecule has 0 N–H and O–H groups in total. The molecule has 1 fully saturated rings. The fraction of sp³-hybridized carbons (Fsp3) is 0.125. The van der Waals surface area contributed by atoms with Gasteiger partial charge in [-0.2, -0.15) is 0 Å². The smallest absolute Gasteiger partial charge is 0.270 e. The number of nitrogens with zero attached hydrogens (tertiary/aromatic N) is 3. The van der Waals surface area contributed by atoms with Crippen molar-refractivity contribution >= 4 is 79.9 Å². The number of hydrogen-bond acceptors (Lipinski definition) is 7. The lowest BCUT2D eigenvalue weighted by Crippen LogP contribution is -2.57. The van der Waals surface area contributed by atoms with E-state index >= 15 is 0 Å². The van der Waals surface area contributed by atoms with Gasteiger partial charge in [0.25, 0.3) is 11.8 Å². The lowest BCUT2D eigenvalue weighted by molar-refractivity contribution is -0.120. The molecule has 41 heavy (non-hydrogen) atoms. The molecule has 0 saturated carbocycles. The van der Waals surface area contributed by atoms with Crippen LogP contribution in [0.5, 0.6) is 0 Å². The van der Waals surface area contributed by atoms with Gasteiger partial charge < -0.3 is 4.42 Å². The monoisotopic (exact) mass is 595 g/mol. The van der Waals surface area contributed by atoms with Gasteiger partial charge in [-0.3, -0.25) is 19.4 Å². The Bertz CT molecular complexity index is 1790. The van der Waals surface area contributed by atoms with E-state index in [2.05, 4.69) is 4.98 Å². The molecule has 1 aliphatic rings. The van der Waals surface area contributed by atoms with Gasteiger partial charge in [-0.25, -0.2) is 4.98 Å². The van der Waals surface area contributed by atoms with Crippen LogP contribution in [-0.4, -0.2) is 21.9 Å². The number of carbonyl (C=O) groups excluding carboxylic acids is 2. The maximum absolute atomic E-state index is 13.9. The molecule has 1 aliphatic heterocycles. The molecule has 0 aliphatic carbocycles. The van der Waals surface area contributed by atoms with Crippen molar-refractivity contribution < 1.29 is 14.0 Å². The van der Waals surface area contributed by atoms with Crippen LogP contribution in [0, 0.1) is 27.7 Å². The van der Waals surface area contributed by atoms with Crippen LogP contribution in [0.15, 0.2) is 92.2 Å². The fourth-order valence-corrected chi connectivity index (χ4v) is 6.85. The van der Waals surface area contributed by atoms with Gasteiger partial charge in [-0.15, -0.1) is 11.3 Å². The summed E-state index contributed by atoms with van der Waals surface area (Å²) in [6.45, 7) is 7.97. The summed E-state index contributed by atoms with van der Waals surface area (Å²) in [7, 11) is 0. The lowest BCUT2D eigenvalue weighted by Gasteiger charge is -2.36. The van der Waals surface area contributed by atoms with Gasteiger partial charge in [0.2, 0.25) is 0 Å². The van der Waals surface area contributed by atoms with Crippen molar-refractivity contribution in [1.82, 2.24) is 4.98 Å². The van der Waals surface area contributed by atoms with Crippen molar-refractivity contribution in [3.05, 3.63) is 106 Å². The van der Waals surface area contributed by atoms with E-state index in [0.717, 1.165) is 36.8 Å². The Morgan fingerprint density at radius 1 is 0.805 bits per heavy atom. The summed E-state index contributed by atoms with van der Waals surface area (Å²) in [5.74, 6) is -0.613. The number of hydrogen-bond donors (Lipinski definition) is 0. The van der Waals surface area contributed by atoms with Gasteiger partial charge in [-0.05, 0) is 129 Å². The van der Waals surface area contributed by atoms with Crippen molar-refractivity contribution in [2.75, 3.05) is 9.80 Å². The van der Waals surface area contributed by atoms with Crippen molar-refractivity contribution in [2.45, 2.75) is 37.1 Å². The van der Waals surface area contributed by atoms with Gasteiger partial charge in [0, 0.05) is 0 Å². The van der Waals surface area contributed by atoms with Crippen LogP contribution in [0.1, 0.15) is 28.0 Å². The lowest BCUT2D eigenvalue weighted by atomic mass is 10.0. The van der Waals surface area contributed by atoms with E-state index in [1.165, 1.54) is 27.6 Å². The molecule has 204 valence electrons. The van der Waals surface area contributed by atoms with E-state index in [1.54, 1.807) is 17.4 Å². The molecule has 0 radical (unpaired) electrons. The molecule has 5 aromatic rings. The number of anilines is 2. The van der Waals surface area contributed by atoms with Crippen LogP contribution in [0.4, 0.5) is 11.4 Å². The number of thiazole rings is 1. The first-order valence-corrected chi connectivity index (χ1v) is 15.0. The minimum absolute atomic E-state index is 0.0408. The average molecular weight is 596 g/mol. The molecule has 9 heteroatoms. The maximum atomic E-state index is 13.9. The number of fused-ring (bicyclic) bond motifs is 1. The van der Waals surface area contributed by atoms with Crippen LogP contribution < -0.4 is 9.80 Å². The van der Waals surface area contributed by atoms with E-state index < -0.39 is 11.8 Å². The number of benzene rings is 3. The zero-order valence-electron chi connectivity index (χ0n) is 22.8. The zero-order chi connectivity index (χ0) is 28.8. The molecule has 2 amide bonds. The molecule has 2 aromatic heterocycles. The van der Waals surface area contributed by atoms with E-state index in [0.29, 0.717) is 22.2 Å². The highest BCUT2D eigenvalue weighted by Crippen LogP contribution is 2.36. The zero-order valence-corrected chi connectivity index (χ0v) is 25.2. The summed E-state index contributed by atoms with van der Waals surface area (Å²) < 4.78 is 7.98. The summed E-state index contributed by atoms with van der Waals surface area (Å²) >= 11 is 8.77. The highest BCUT2D eigenvalue weighted by molar-refractivity contribution is 8.01. The number of thiocarbonyl (C=S) groups is 1. The van der Waals surface area contributed by atoms with Crippen molar-refractivity contribution in [3.8, 4) is 0 Å². The first-order valence-electron chi connectivity index (χ1n) is 12.9. The van der Waals surface area contributed by atoms with Gasteiger partial charge in [0.05, 0.1) is 21.6 Å². The number of amides is 2. The Morgan fingerprint density at radius 3 is 2.00 bits per heavy atom. The SMILES string of the molecule is Cc1ccc(N2C(=O)C(=Cc3ccc(Sc4nc5ccccc5s4)o3)C(=O)N(c3ccc(C)c(C)c3)C2=S)cc1C. The molecule has 6 rings (SSSR count).